The summed E-state index contributed by atoms with van der Waals surface area (Å²) in [5.74, 6) is 0. The molecule has 5 nitrogen and oxygen atoms in total. The first-order valence-corrected chi connectivity index (χ1v) is 6.63. The number of thiocarbonyl (C=S) groups is 1. The van der Waals surface area contributed by atoms with Gasteiger partial charge in [0, 0.05) is 40.0 Å². The van der Waals surface area contributed by atoms with E-state index in [1.165, 1.54) is 0 Å². The van der Waals surface area contributed by atoms with E-state index >= 15 is 0 Å². The monoisotopic (exact) mass is 273 g/mol. The van der Waals surface area contributed by atoms with Crippen LogP contribution >= 0.6 is 12.2 Å². The van der Waals surface area contributed by atoms with Crippen LogP contribution in [-0.4, -0.2) is 56.6 Å². The number of methoxy groups -OCH3 is 1. The molecule has 0 aliphatic rings. The Morgan fingerprint density at radius 1 is 1.39 bits per heavy atom. The van der Waals surface area contributed by atoms with Crippen molar-refractivity contribution in [1.82, 2.24) is 10.2 Å². The fourth-order valence-corrected chi connectivity index (χ4v) is 1.61. The van der Waals surface area contributed by atoms with Gasteiger partial charge in [0.05, 0.1) is 19.1 Å². The molecule has 104 valence electrons. The van der Waals surface area contributed by atoms with E-state index in [0.29, 0.717) is 31.2 Å². The van der Waals surface area contributed by atoms with Crippen molar-refractivity contribution in [2.24, 2.45) is 0 Å². The summed E-state index contributed by atoms with van der Waals surface area (Å²) in [7, 11) is 1.65. The van der Waals surface area contributed by atoms with Gasteiger partial charge < -0.3 is 19.7 Å². The van der Waals surface area contributed by atoms with Crippen LogP contribution in [0.15, 0.2) is 0 Å². The third-order valence-corrected chi connectivity index (χ3v) is 2.69. The van der Waals surface area contributed by atoms with Gasteiger partial charge in [-0.25, -0.2) is 0 Å². The van der Waals surface area contributed by atoms with Crippen LogP contribution in [0.25, 0.3) is 0 Å². The molecule has 1 N–H and O–H groups in total. The highest BCUT2D eigenvalue weighted by atomic mass is 32.1. The van der Waals surface area contributed by atoms with Gasteiger partial charge in [-0.2, -0.15) is 5.26 Å². The van der Waals surface area contributed by atoms with Gasteiger partial charge in [-0.05, 0) is 25.6 Å². The van der Waals surface area contributed by atoms with Crippen molar-refractivity contribution in [3.8, 4) is 6.07 Å². The second-order valence-electron chi connectivity index (χ2n) is 3.67. The van der Waals surface area contributed by atoms with E-state index in [9.17, 15) is 0 Å². The van der Waals surface area contributed by atoms with Gasteiger partial charge in [0.15, 0.2) is 5.11 Å². The van der Waals surface area contributed by atoms with Crippen molar-refractivity contribution in [2.45, 2.75) is 19.8 Å². The topological polar surface area (TPSA) is 57.5 Å². The van der Waals surface area contributed by atoms with Gasteiger partial charge in [-0.1, -0.05) is 0 Å². The molecule has 0 spiro atoms. The lowest BCUT2D eigenvalue weighted by molar-refractivity contribution is 0.145. The van der Waals surface area contributed by atoms with E-state index in [0.717, 1.165) is 26.2 Å². The first-order chi connectivity index (χ1) is 8.76. The van der Waals surface area contributed by atoms with Crippen molar-refractivity contribution in [1.29, 1.82) is 5.26 Å². The van der Waals surface area contributed by atoms with E-state index in [1.54, 1.807) is 7.11 Å². The summed E-state index contributed by atoms with van der Waals surface area (Å²) in [4.78, 5) is 1.96. The minimum absolute atomic E-state index is 0.463. The van der Waals surface area contributed by atoms with Gasteiger partial charge >= 0.3 is 0 Å². The number of hydrogen-bond acceptors (Lipinski definition) is 4. The minimum Gasteiger partial charge on any atom is -0.383 e. The maximum Gasteiger partial charge on any atom is 0.169 e. The summed E-state index contributed by atoms with van der Waals surface area (Å²) in [6.45, 7) is 6.19. The van der Waals surface area contributed by atoms with Gasteiger partial charge in [-0.3, -0.25) is 0 Å². The Hall–Kier alpha value is -0.900. The molecule has 0 saturated carbocycles. The summed E-state index contributed by atoms with van der Waals surface area (Å²) >= 11 is 5.29. The molecule has 0 rings (SSSR count). The second-order valence-corrected chi connectivity index (χ2v) is 4.06. The van der Waals surface area contributed by atoms with E-state index in [2.05, 4.69) is 11.4 Å². The fraction of sp³-hybridized carbons (Fsp3) is 0.833. The normalized spacial score (nSPS) is 9.83. The Balaban J connectivity index is 3.85. The lowest BCUT2D eigenvalue weighted by Gasteiger charge is -2.24. The molecule has 0 heterocycles. The Kier molecular flexibility index (Phi) is 11.9. The van der Waals surface area contributed by atoms with Crippen LogP contribution in [-0.2, 0) is 9.47 Å². The third kappa shape index (κ3) is 9.16. The van der Waals surface area contributed by atoms with Crippen LogP contribution in [0.3, 0.4) is 0 Å². The largest absolute Gasteiger partial charge is 0.383 e. The molecular weight excluding hydrogens is 250 g/mol. The second kappa shape index (κ2) is 12.6. The molecule has 6 heteroatoms. The summed E-state index contributed by atoms with van der Waals surface area (Å²) < 4.78 is 10.3. The third-order valence-electron chi connectivity index (χ3n) is 2.29. The highest BCUT2D eigenvalue weighted by Crippen LogP contribution is 1.94. The summed E-state index contributed by atoms with van der Waals surface area (Å²) in [5.41, 5.74) is 0. The fourth-order valence-electron chi connectivity index (χ4n) is 1.33. The number of nitrogens with zero attached hydrogens (tertiary/aromatic N) is 2. The smallest absolute Gasteiger partial charge is 0.169 e. The molecule has 0 fully saturated rings. The van der Waals surface area contributed by atoms with Crippen LogP contribution in [0.2, 0.25) is 0 Å². The molecule has 0 aromatic carbocycles. The molecule has 0 bridgehead atoms. The Morgan fingerprint density at radius 2 is 2.17 bits per heavy atom. The molecule has 0 unspecified atom stereocenters. The molecule has 18 heavy (non-hydrogen) atoms. The van der Waals surface area contributed by atoms with Crippen molar-refractivity contribution in [2.75, 3.05) is 46.6 Å². The number of ether oxygens (including phenoxy) is 2. The highest BCUT2D eigenvalue weighted by Gasteiger charge is 2.08. The van der Waals surface area contributed by atoms with Crippen LogP contribution in [0.4, 0.5) is 0 Å². The Labute approximate surface area is 115 Å². The van der Waals surface area contributed by atoms with Gasteiger partial charge in [-0.15, -0.1) is 0 Å². The van der Waals surface area contributed by atoms with Crippen molar-refractivity contribution < 1.29 is 9.47 Å². The number of rotatable bonds is 10. The summed E-state index contributed by atoms with van der Waals surface area (Å²) in [5, 5.41) is 12.5. The molecular formula is C12H23N3O2S. The van der Waals surface area contributed by atoms with E-state index in [4.69, 9.17) is 27.0 Å². The summed E-state index contributed by atoms with van der Waals surface area (Å²) in [6.07, 6.45) is 1.38. The standard InChI is InChI=1S/C12H23N3O2S/c1-3-17-10-5-7-14-12(18)15(8-4-6-13)9-11-16-2/h3-5,7-11H2,1-2H3,(H,14,18). The first kappa shape index (κ1) is 17.1. The van der Waals surface area contributed by atoms with Crippen LogP contribution in [0.1, 0.15) is 19.8 Å². The highest BCUT2D eigenvalue weighted by molar-refractivity contribution is 7.80. The maximum atomic E-state index is 8.61. The quantitative estimate of drug-likeness (QED) is 0.476. The molecule has 0 aromatic heterocycles. The van der Waals surface area contributed by atoms with Gasteiger partial charge in [0.1, 0.15) is 0 Å². The SMILES string of the molecule is CCOCCCNC(=S)N(CCC#N)CCOC. The van der Waals surface area contributed by atoms with Crippen molar-refractivity contribution in [3.63, 3.8) is 0 Å². The average Bonchev–Trinajstić information content (AvgIpc) is 2.38. The zero-order valence-electron chi connectivity index (χ0n) is 11.3. The molecule has 0 aliphatic carbocycles. The lowest BCUT2D eigenvalue weighted by atomic mass is 10.4. The number of nitrogens with one attached hydrogen (secondary N) is 1. The van der Waals surface area contributed by atoms with Crippen LogP contribution < -0.4 is 5.32 Å². The zero-order chi connectivity index (χ0) is 13.6. The predicted molar refractivity (Wildman–Crippen MR) is 75.4 cm³/mol. The minimum atomic E-state index is 0.463. The molecule has 0 aromatic rings. The molecule has 0 saturated heterocycles. The molecule has 0 radical (unpaired) electrons. The molecule has 0 aliphatic heterocycles. The van der Waals surface area contributed by atoms with E-state index in [1.807, 2.05) is 11.8 Å². The maximum absolute atomic E-state index is 8.61. The van der Waals surface area contributed by atoms with Gasteiger partial charge in [0.2, 0.25) is 0 Å². The van der Waals surface area contributed by atoms with Crippen LogP contribution in [0, 0.1) is 11.3 Å². The van der Waals surface area contributed by atoms with E-state index in [-0.39, 0.29) is 0 Å². The Morgan fingerprint density at radius 3 is 2.78 bits per heavy atom. The van der Waals surface area contributed by atoms with Crippen molar-refractivity contribution in [3.05, 3.63) is 0 Å². The zero-order valence-corrected chi connectivity index (χ0v) is 12.1. The van der Waals surface area contributed by atoms with E-state index < -0.39 is 0 Å². The predicted octanol–water partition coefficient (Wildman–Crippen LogP) is 1.15. The number of hydrogen-bond donors (Lipinski definition) is 1. The van der Waals surface area contributed by atoms with Crippen LogP contribution in [0.5, 0.6) is 0 Å². The summed E-state index contributed by atoms with van der Waals surface area (Å²) in [6, 6.07) is 2.12. The Bertz CT molecular complexity index is 256. The molecule has 0 atom stereocenters. The molecule has 0 amide bonds. The van der Waals surface area contributed by atoms with Gasteiger partial charge in [0.25, 0.3) is 0 Å². The van der Waals surface area contributed by atoms with Crippen molar-refractivity contribution >= 4 is 17.3 Å². The average molecular weight is 273 g/mol. The number of nitriles is 1. The lowest BCUT2D eigenvalue weighted by Crippen LogP contribution is -2.42. The first-order valence-electron chi connectivity index (χ1n) is 6.22.